The molecule has 3 unspecified atom stereocenters. The van der Waals surface area contributed by atoms with E-state index in [0.717, 1.165) is 17.9 Å². The zero-order valence-corrected chi connectivity index (χ0v) is 11.8. The normalized spacial score (nSPS) is 29.6. The fourth-order valence-electron chi connectivity index (χ4n) is 2.71. The molecule has 0 aromatic carbocycles. The minimum atomic E-state index is 0.702. The highest BCUT2D eigenvalue weighted by molar-refractivity contribution is 4.88. The maximum atomic E-state index is 3.75. The molecule has 1 saturated heterocycles. The van der Waals surface area contributed by atoms with Gasteiger partial charge in [-0.25, -0.2) is 0 Å². The molecule has 2 heteroatoms. The Kier molecular flexibility index (Phi) is 5.77. The molecular weight excluding hydrogens is 196 g/mol. The molecule has 2 nitrogen and oxygen atoms in total. The topological polar surface area (TPSA) is 15.3 Å². The largest absolute Gasteiger partial charge is 0.311 e. The lowest BCUT2D eigenvalue weighted by atomic mass is 9.93. The summed E-state index contributed by atoms with van der Waals surface area (Å²) in [5.74, 6) is 1.61. The molecule has 1 N–H and O–H groups in total. The molecular formula is C14H30N2. The standard InChI is InChI=1S/C14H30N2/c1-6-12(5)14-10-16(7-2)13(9-15-14)8-11(3)4/h11-15H,6-10H2,1-5H3. The Bertz CT molecular complexity index is 191. The van der Waals surface area contributed by atoms with E-state index in [1.165, 1.54) is 32.5 Å². The van der Waals surface area contributed by atoms with Gasteiger partial charge < -0.3 is 5.32 Å². The second-order valence-electron chi connectivity index (χ2n) is 5.77. The monoisotopic (exact) mass is 226 g/mol. The van der Waals surface area contributed by atoms with Gasteiger partial charge >= 0.3 is 0 Å². The lowest BCUT2D eigenvalue weighted by Gasteiger charge is -2.42. The van der Waals surface area contributed by atoms with Crippen LogP contribution in [-0.4, -0.2) is 36.6 Å². The van der Waals surface area contributed by atoms with Gasteiger partial charge in [-0.05, 0) is 24.8 Å². The molecule has 0 saturated carbocycles. The van der Waals surface area contributed by atoms with E-state index in [2.05, 4.69) is 44.8 Å². The molecule has 0 amide bonds. The minimum absolute atomic E-state index is 0.702. The highest BCUT2D eigenvalue weighted by atomic mass is 15.2. The van der Waals surface area contributed by atoms with Crippen LogP contribution in [0, 0.1) is 11.8 Å². The Hall–Kier alpha value is -0.0800. The smallest absolute Gasteiger partial charge is 0.0223 e. The highest BCUT2D eigenvalue weighted by Crippen LogP contribution is 2.19. The number of hydrogen-bond acceptors (Lipinski definition) is 2. The summed E-state index contributed by atoms with van der Waals surface area (Å²) in [5.41, 5.74) is 0. The quantitative estimate of drug-likeness (QED) is 0.775. The van der Waals surface area contributed by atoms with E-state index >= 15 is 0 Å². The molecule has 3 atom stereocenters. The van der Waals surface area contributed by atoms with E-state index in [9.17, 15) is 0 Å². The third-order valence-corrected chi connectivity index (χ3v) is 4.04. The Morgan fingerprint density at radius 2 is 1.94 bits per heavy atom. The van der Waals surface area contributed by atoms with Crippen LogP contribution in [-0.2, 0) is 0 Å². The van der Waals surface area contributed by atoms with Gasteiger partial charge in [-0.3, -0.25) is 4.90 Å². The molecule has 16 heavy (non-hydrogen) atoms. The first kappa shape index (κ1) is 14.0. The number of nitrogens with zero attached hydrogens (tertiary/aromatic N) is 1. The summed E-state index contributed by atoms with van der Waals surface area (Å²) >= 11 is 0. The third-order valence-electron chi connectivity index (χ3n) is 4.04. The summed E-state index contributed by atoms with van der Waals surface area (Å²) in [6, 6.07) is 1.46. The molecule has 1 rings (SSSR count). The van der Waals surface area contributed by atoms with Crippen LogP contribution in [0.1, 0.15) is 47.5 Å². The molecule has 96 valence electrons. The van der Waals surface area contributed by atoms with Gasteiger partial charge in [0.1, 0.15) is 0 Å². The lowest BCUT2D eigenvalue weighted by Crippen LogP contribution is -2.58. The van der Waals surface area contributed by atoms with Crippen LogP contribution >= 0.6 is 0 Å². The van der Waals surface area contributed by atoms with Crippen molar-refractivity contribution in [2.24, 2.45) is 11.8 Å². The molecule has 1 aliphatic rings. The molecule has 1 aliphatic heterocycles. The van der Waals surface area contributed by atoms with Crippen molar-refractivity contribution in [3.8, 4) is 0 Å². The van der Waals surface area contributed by atoms with Crippen LogP contribution in [0.3, 0.4) is 0 Å². The fraction of sp³-hybridized carbons (Fsp3) is 1.00. The molecule has 0 aliphatic carbocycles. The van der Waals surface area contributed by atoms with E-state index in [0.29, 0.717) is 6.04 Å². The highest BCUT2D eigenvalue weighted by Gasteiger charge is 2.29. The first-order valence-electron chi connectivity index (χ1n) is 7.05. The molecule has 1 fully saturated rings. The Morgan fingerprint density at radius 1 is 1.25 bits per heavy atom. The number of likely N-dealkylation sites (N-methyl/N-ethyl adjacent to an activating group) is 1. The zero-order chi connectivity index (χ0) is 12.1. The van der Waals surface area contributed by atoms with Crippen LogP contribution in [0.4, 0.5) is 0 Å². The lowest BCUT2D eigenvalue weighted by molar-refractivity contribution is 0.101. The first-order valence-corrected chi connectivity index (χ1v) is 7.05. The van der Waals surface area contributed by atoms with Crippen LogP contribution in [0.25, 0.3) is 0 Å². The zero-order valence-electron chi connectivity index (χ0n) is 11.8. The van der Waals surface area contributed by atoms with E-state index in [1.807, 2.05) is 0 Å². The van der Waals surface area contributed by atoms with E-state index < -0.39 is 0 Å². The van der Waals surface area contributed by atoms with Gasteiger partial charge in [0.25, 0.3) is 0 Å². The van der Waals surface area contributed by atoms with Crippen LogP contribution in [0.15, 0.2) is 0 Å². The fourth-order valence-corrected chi connectivity index (χ4v) is 2.71. The second-order valence-corrected chi connectivity index (χ2v) is 5.77. The Labute approximate surface area is 102 Å². The molecule has 0 radical (unpaired) electrons. The van der Waals surface area contributed by atoms with Crippen LogP contribution in [0.2, 0.25) is 0 Å². The van der Waals surface area contributed by atoms with Crippen molar-refractivity contribution in [2.45, 2.75) is 59.5 Å². The van der Waals surface area contributed by atoms with E-state index in [-0.39, 0.29) is 0 Å². The van der Waals surface area contributed by atoms with Crippen molar-refractivity contribution in [2.75, 3.05) is 19.6 Å². The first-order chi connectivity index (χ1) is 7.58. The molecule has 0 aromatic rings. The van der Waals surface area contributed by atoms with Gasteiger partial charge in [-0.2, -0.15) is 0 Å². The minimum Gasteiger partial charge on any atom is -0.311 e. The van der Waals surface area contributed by atoms with Gasteiger partial charge in [0.05, 0.1) is 0 Å². The van der Waals surface area contributed by atoms with Gasteiger partial charge in [0.15, 0.2) is 0 Å². The Balaban J connectivity index is 2.50. The van der Waals surface area contributed by atoms with Crippen molar-refractivity contribution in [3.05, 3.63) is 0 Å². The predicted octanol–water partition coefficient (Wildman–Crippen LogP) is 2.74. The third kappa shape index (κ3) is 3.74. The summed E-state index contributed by atoms with van der Waals surface area (Å²) in [4.78, 5) is 2.67. The van der Waals surface area contributed by atoms with E-state index in [1.54, 1.807) is 0 Å². The molecule has 0 bridgehead atoms. The second kappa shape index (κ2) is 6.61. The van der Waals surface area contributed by atoms with Crippen molar-refractivity contribution in [1.82, 2.24) is 10.2 Å². The van der Waals surface area contributed by atoms with Gasteiger partial charge in [-0.1, -0.05) is 41.0 Å². The van der Waals surface area contributed by atoms with Gasteiger partial charge in [0, 0.05) is 25.2 Å². The van der Waals surface area contributed by atoms with Gasteiger partial charge in [0.2, 0.25) is 0 Å². The predicted molar refractivity (Wildman–Crippen MR) is 71.7 cm³/mol. The summed E-state index contributed by atoms with van der Waals surface area (Å²) in [6.45, 7) is 15.2. The van der Waals surface area contributed by atoms with Crippen molar-refractivity contribution in [1.29, 1.82) is 0 Å². The van der Waals surface area contributed by atoms with Crippen molar-refractivity contribution >= 4 is 0 Å². The summed E-state index contributed by atoms with van der Waals surface area (Å²) in [5, 5.41) is 3.75. The van der Waals surface area contributed by atoms with Gasteiger partial charge in [-0.15, -0.1) is 0 Å². The Morgan fingerprint density at radius 3 is 2.44 bits per heavy atom. The number of nitrogens with one attached hydrogen (secondary N) is 1. The summed E-state index contributed by atoms with van der Waals surface area (Å²) in [7, 11) is 0. The summed E-state index contributed by atoms with van der Waals surface area (Å²) in [6.07, 6.45) is 2.61. The molecule has 0 aromatic heterocycles. The number of piperazine rings is 1. The van der Waals surface area contributed by atoms with Crippen molar-refractivity contribution < 1.29 is 0 Å². The average molecular weight is 226 g/mol. The molecule has 1 heterocycles. The SMILES string of the molecule is CCC(C)C1CN(CC)C(CC(C)C)CN1. The van der Waals surface area contributed by atoms with Crippen LogP contribution < -0.4 is 5.32 Å². The number of hydrogen-bond donors (Lipinski definition) is 1. The van der Waals surface area contributed by atoms with E-state index in [4.69, 9.17) is 0 Å². The molecule has 0 spiro atoms. The van der Waals surface area contributed by atoms with Crippen LogP contribution in [0.5, 0.6) is 0 Å². The van der Waals surface area contributed by atoms with Crippen molar-refractivity contribution in [3.63, 3.8) is 0 Å². The average Bonchev–Trinajstić information content (AvgIpc) is 2.27. The maximum absolute atomic E-state index is 3.75. The summed E-state index contributed by atoms with van der Waals surface area (Å²) < 4.78 is 0. The number of rotatable bonds is 5. The maximum Gasteiger partial charge on any atom is 0.0223 e.